The maximum absolute atomic E-state index is 10.6. The summed E-state index contributed by atoms with van der Waals surface area (Å²) in [7, 11) is 0. The standard InChI is InChI=1S/C28H34N8.C2HF3O2/c1-20-5-4-14-35(20)27-9-3-8-26(34-27)33-25-16-23(18-36-28(25)31-19-32-36)22-7-2-6-21(15-22)17-30-24-10-12-29-13-11-24;3-2(4,5)1(6)7/h2-3,6-9,15-16,18-20,24,29-30H,4-5,10-14,17H2,1H3,(H,33,34);(H,6,7)/t20-;/m0./s1. The van der Waals surface area contributed by atoms with Crippen molar-refractivity contribution in [3.8, 4) is 11.1 Å². The van der Waals surface area contributed by atoms with E-state index in [2.05, 4.69) is 80.3 Å². The average Bonchev–Trinajstić information content (AvgIpc) is 3.66. The zero-order chi connectivity index (χ0) is 30.4. The summed E-state index contributed by atoms with van der Waals surface area (Å²) in [6.07, 6.45) is 3.36. The second-order valence-corrected chi connectivity index (χ2v) is 10.8. The molecule has 13 heteroatoms. The van der Waals surface area contributed by atoms with Crippen molar-refractivity contribution in [2.24, 2.45) is 0 Å². The van der Waals surface area contributed by atoms with Gasteiger partial charge in [0.2, 0.25) is 0 Å². The zero-order valence-corrected chi connectivity index (χ0v) is 23.8. The third-order valence-corrected chi connectivity index (χ3v) is 7.66. The molecule has 3 aromatic heterocycles. The summed E-state index contributed by atoms with van der Waals surface area (Å²) in [4.78, 5) is 20.7. The number of aliphatic carboxylic acids is 1. The predicted molar refractivity (Wildman–Crippen MR) is 158 cm³/mol. The van der Waals surface area contributed by atoms with Crippen molar-refractivity contribution in [3.05, 3.63) is 66.6 Å². The second kappa shape index (κ2) is 13.4. The molecule has 4 aromatic rings. The van der Waals surface area contributed by atoms with Crippen molar-refractivity contribution < 1.29 is 23.1 Å². The molecule has 0 amide bonds. The quantitative estimate of drug-likeness (QED) is 0.234. The first-order chi connectivity index (χ1) is 20.7. The molecule has 228 valence electrons. The smallest absolute Gasteiger partial charge is 0.475 e. The van der Waals surface area contributed by atoms with Crippen LogP contribution in [0.4, 0.5) is 30.5 Å². The SMILES string of the molecule is C[C@H]1CCCN1c1cccc(Nc2cc(-c3cccc(CNC4CCNCC4)c3)cn3ncnc23)n1.O=C(O)C(F)(F)F. The van der Waals surface area contributed by atoms with Gasteiger partial charge in [0, 0.05) is 36.9 Å². The Morgan fingerprint density at radius 1 is 1.09 bits per heavy atom. The minimum atomic E-state index is -5.08. The fourth-order valence-electron chi connectivity index (χ4n) is 5.39. The van der Waals surface area contributed by atoms with Crippen LogP contribution in [-0.4, -0.2) is 68.6 Å². The number of alkyl halides is 3. The van der Waals surface area contributed by atoms with Gasteiger partial charge in [-0.25, -0.2) is 19.3 Å². The van der Waals surface area contributed by atoms with E-state index in [1.54, 1.807) is 6.33 Å². The summed E-state index contributed by atoms with van der Waals surface area (Å²) in [5, 5.41) is 22.2. The van der Waals surface area contributed by atoms with Gasteiger partial charge in [0.05, 0.1) is 5.69 Å². The fourth-order valence-corrected chi connectivity index (χ4v) is 5.39. The number of aromatic nitrogens is 4. The lowest BCUT2D eigenvalue weighted by Crippen LogP contribution is -2.39. The number of carboxylic acid groups (broad SMARTS) is 1. The van der Waals surface area contributed by atoms with Crippen molar-refractivity contribution in [2.75, 3.05) is 29.9 Å². The molecule has 2 fully saturated rings. The topological polar surface area (TPSA) is 120 Å². The van der Waals surface area contributed by atoms with E-state index in [1.807, 2.05) is 16.8 Å². The van der Waals surface area contributed by atoms with Crippen molar-refractivity contribution in [2.45, 2.75) is 57.4 Å². The molecule has 2 aliphatic rings. The first-order valence-electron chi connectivity index (χ1n) is 14.3. The normalized spacial score (nSPS) is 17.5. The van der Waals surface area contributed by atoms with Gasteiger partial charge in [-0.2, -0.15) is 18.3 Å². The number of pyridine rings is 2. The highest BCUT2D eigenvalue weighted by atomic mass is 19.4. The molecular weight excluding hydrogens is 561 g/mol. The maximum atomic E-state index is 10.6. The Balaban J connectivity index is 0.000000472. The molecule has 5 heterocycles. The predicted octanol–water partition coefficient (Wildman–Crippen LogP) is 5.00. The number of fused-ring (bicyclic) bond motifs is 1. The second-order valence-electron chi connectivity index (χ2n) is 10.8. The number of rotatable bonds is 7. The number of piperidine rings is 1. The van der Waals surface area contributed by atoms with E-state index in [1.165, 1.54) is 31.2 Å². The molecule has 6 rings (SSSR count). The highest BCUT2D eigenvalue weighted by molar-refractivity contribution is 5.79. The Morgan fingerprint density at radius 2 is 1.86 bits per heavy atom. The van der Waals surface area contributed by atoms with Gasteiger partial charge < -0.3 is 26.0 Å². The van der Waals surface area contributed by atoms with Gasteiger partial charge in [0.1, 0.15) is 18.0 Å². The molecule has 1 aromatic carbocycles. The molecule has 0 spiro atoms. The molecule has 1 atom stereocenters. The number of nitrogens with one attached hydrogen (secondary N) is 3. The number of nitrogens with zero attached hydrogens (tertiary/aromatic N) is 5. The number of benzene rings is 1. The number of carbonyl (C=O) groups is 1. The first kappa shape index (κ1) is 30.2. The Morgan fingerprint density at radius 3 is 2.58 bits per heavy atom. The molecule has 0 saturated carbocycles. The number of halogens is 3. The van der Waals surface area contributed by atoms with Crippen LogP contribution in [0.1, 0.15) is 38.2 Å². The van der Waals surface area contributed by atoms with Crippen molar-refractivity contribution >= 4 is 28.9 Å². The van der Waals surface area contributed by atoms with Gasteiger partial charge in [0.15, 0.2) is 5.65 Å². The highest BCUT2D eigenvalue weighted by Crippen LogP contribution is 2.30. The van der Waals surface area contributed by atoms with Crippen LogP contribution in [0.2, 0.25) is 0 Å². The molecular formula is C30H35F3N8O2. The average molecular weight is 597 g/mol. The van der Waals surface area contributed by atoms with Crippen LogP contribution in [0.3, 0.4) is 0 Å². The number of hydrogen-bond donors (Lipinski definition) is 4. The van der Waals surface area contributed by atoms with Crippen molar-refractivity contribution in [1.82, 2.24) is 30.2 Å². The third-order valence-electron chi connectivity index (χ3n) is 7.66. The number of carboxylic acids is 1. The Labute approximate surface area is 247 Å². The van der Waals surface area contributed by atoms with Crippen LogP contribution in [0, 0.1) is 0 Å². The lowest BCUT2D eigenvalue weighted by atomic mass is 10.0. The monoisotopic (exact) mass is 596 g/mol. The number of anilines is 3. The summed E-state index contributed by atoms with van der Waals surface area (Å²) in [6, 6.07) is 18.2. The summed E-state index contributed by atoms with van der Waals surface area (Å²) >= 11 is 0. The first-order valence-corrected chi connectivity index (χ1v) is 14.3. The van der Waals surface area contributed by atoms with Crippen molar-refractivity contribution in [1.29, 1.82) is 0 Å². The zero-order valence-electron chi connectivity index (χ0n) is 23.8. The van der Waals surface area contributed by atoms with E-state index in [-0.39, 0.29) is 0 Å². The summed E-state index contributed by atoms with van der Waals surface area (Å²) < 4.78 is 33.6. The summed E-state index contributed by atoms with van der Waals surface area (Å²) in [5.74, 6) is -0.923. The van der Waals surface area contributed by atoms with E-state index < -0.39 is 12.1 Å². The number of hydrogen-bond acceptors (Lipinski definition) is 8. The lowest BCUT2D eigenvalue weighted by Gasteiger charge is -2.24. The lowest BCUT2D eigenvalue weighted by molar-refractivity contribution is -0.192. The molecule has 2 aliphatic heterocycles. The molecule has 0 radical (unpaired) electrons. The van der Waals surface area contributed by atoms with Crippen LogP contribution in [-0.2, 0) is 11.3 Å². The largest absolute Gasteiger partial charge is 0.490 e. The Bertz CT molecular complexity index is 1540. The van der Waals surface area contributed by atoms with Crippen LogP contribution in [0.5, 0.6) is 0 Å². The third kappa shape index (κ3) is 7.79. The van der Waals surface area contributed by atoms with E-state index >= 15 is 0 Å². The molecule has 2 saturated heterocycles. The van der Waals surface area contributed by atoms with Crippen LogP contribution < -0.4 is 20.9 Å². The Hall–Kier alpha value is -4.23. The summed E-state index contributed by atoms with van der Waals surface area (Å²) in [6.45, 7) is 6.40. The molecule has 43 heavy (non-hydrogen) atoms. The van der Waals surface area contributed by atoms with Gasteiger partial charge in [0.25, 0.3) is 0 Å². The minimum Gasteiger partial charge on any atom is -0.475 e. The van der Waals surface area contributed by atoms with Crippen LogP contribution >= 0.6 is 0 Å². The van der Waals surface area contributed by atoms with Crippen LogP contribution in [0.15, 0.2) is 61.1 Å². The van der Waals surface area contributed by atoms with E-state index in [0.717, 1.165) is 60.3 Å². The van der Waals surface area contributed by atoms with Gasteiger partial charge in [-0.05, 0) is 81.1 Å². The van der Waals surface area contributed by atoms with Gasteiger partial charge in [-0.15, -0.1) is 0 Å². The van der Waals surface area contributed by atoms with Gasteiger partial charge >= 0.3 is 12.1 Å². The molecule has 10 nitrogen and oxygen atoms in total. The minimum absolute atomic E-state index is 0.524. The van der Waals surface area contributed by atoms with E-state index in [0.29, 0.717) is 12.1 Å². The van der Waals surface area contributed by atoms with E-state index in [4.69, 9.17) is 14.9 Å². The Kier molecular flexibility index (Phi) is 9.41. The van der Waals surface area contributed by atoms with Gasteiger partial charge in [-0.3, -0.25) is 0 Å². The summed E-state index contributed by atoms with van der Waals surface area (Å²) in [5.41, 5.74) is 5.20. The van der Waals surface area contributed by atoms with Crippen molar-refractivity contribution in [3.63, 3.8) is 0 Å². The molecule has 0 bridgehead atoms. The molecule has 0 unspecified atom stereocenters. The van der Waals surface area contributed by atoms with Gasteiger partial charge in [-0.1, -0.05) is 24.3 Å². The maximum Gasteiger partial charge on any atom is 0.490 e. The molecule has 4 N–H and O–H groups in total. The van der Waals surface area contributed by atoms with E-state index in [9.17, 15) is 13.2 Å². The highest BCUT2D eigenvalue weighted by Gasteiger charge is 2.38. The molecule has 0 aliphatic carbocycles. The van der Waals surface area contributed by atoms with Crippen LogP contribution in [0.25, 0.3) is 16.8 Å². The fraction of sp³-hybridized carbons (Fsp3) is 0.400.